The van der Waals surface area contributed by atoms with E-state index < -0.39 is 0 Å². The number of hydrogen-bond acceptors (Lipinski definition) is 10. The van der Waals surface area contributed by atoms with Crippen molar-refractivity contribution in [3.05, 3.63) is 47.0 Å². The number of nitrogens with two attached hydrogens (primary N) is 1. The van der Waals surface area contributed by atoms with Crippen LogP contribution < -0.4 is 24.7 Å². The summed E-state index contributed by atoms with van der Waals surface area (Å²) in [6.45, 7) is 2.53. The van der Waals surface area contributed by atoms with Crippen LogP contribution in [0.1, 0.15) is 17.4 Å². The highest BCUT2D eigenvalue weighted by molar-refractivity contribution is 8.00. The smallest absolute Gasteiger partial charge is 0.278 e. The molecule has 0 radical (unpaired) electrons. The number of fused-ring (bicyclic) bond motifs is 1. The number of benzene rings is 2. The van der Waals surface area contributed by atoms with Crippen molar-refractivity contribution in [1.82, 2.24) is 10.1 Å². The lowest BCUT2D eigenvalue weighted by Crippen LogP contribution is -1.94. The van der Waals surface area contributed by atoms with Crippen molar-refractivity contribution in [2.45, 2.75) is 24.8 Å². The van der Waals surface area contributed by atoms with Gasteiger partial charge in [0.15, 0.2) is 11.4 Å². The molecule has 31 heavy (non-hydrogen) atoms. The lowest BCUT2D eigenvalue weighted by molar-refractivity contribution is 0.404. The largest absolute Gasteiger partial charge is 0.496 e. The molecule has 0 aliphatic rings. The SMILES string of the molecule is CCc1ccc(OC)c(SNc2noc3cc(Oc4ncc(CN)s4)cc(OC)c23)c1. The van der Waals surface area contributed by atoms with E-state index in [1.165, 1.54) is 28.8 Å². The van der Waals surface area contributed by atoms with Crippen molar-refractivity contribution in [1.29, 1.82) is 0 Å². The van der Waals surface area contributed by atoms with Crippen LogP contribution in [-0.4, -0.2) is 24.4 Å². The number of ether oxygens (including phenoxy) is 3. The normalized spacial score (nSPS) is 11.0. The van der Waals surface area contributed by atoms with Crippen LogP contribution in [0.15, 0.2) is 45.9 Å². The molecule has 4 aromatic rings. The minimum Gasteiger partial charge on any atom is -0.496 e. The average molecular weight is 459 g/mol. The minimum atomic E-state index is 0.421. The van der Waals surface area contributed by atoms with E-state index in [1.807, 2.05) is 6.07 Å². The summed E-state index contributed by atoms with van der Waals surface area (Å²) < 4.78 is 25.7. The maximum Gasteiger partial charge on any atom is 0.278 e. The molecule has 162 valence electrons. The molecule has 2 aromatic heterocycles. The molecule has 0 fully saturated rings. The zero-order chi connectivity index (χ0) is 21.8. The van der Waals surface area contributed by atoms with Gasteiger partial charge in [-0.2, -0.15) is 0 Å². The van der Waals surface area contributed by atoms with Gasteiger partial charge in [0, 0.05) is 29.8 Å². The number of anilines is 1. The fourth-order valence-corrected chi connectivity index (χ4v) is 4.42. The summed E-state index contributed by atoms with van der Waals surface area (Å²) in [5, 5.41) is 5.39. The molecule has 0 unspecified atom stereocenters. The lowest BCUT2D eigenvalue weighted by Gasteiger charge is -2.10. The molecule has 0 bridgehead atoms. The molecule has 0 aliphatic carbocycles. The van der Waals surface area contributed by atoms with E-state index in [0.717, 1.165) is 27.3 Å². The van der Waals surface area contributed by atoms with E-state index >= 15 is 0 Å². The highest BCUT2D eigenvalue weighted by atomic mass is 32.2. The zero-order valence-corrected chi connectivity index (χ0v) is 18.9. The monoisotopic (exact) mass is 458 g/mol. The standard InChI is InChI=1S/C21H22N4O4S2/c1-4-12-5-6-15(26-2)18(7-12)31-25-20-19-16(27-3)8-13(9-17(19)29-24-20)28-21-23-11-14(10-22)30-21/h5-9,11H,4,10,22H2,1-3H3,(H,24,25). The Balaban J connectivity index is 1.60. The van der Waals surface area contributed by atoms with Crippen LogP contribution in [-0.2, 0) is 13.0 Å². The summed E-state index contributed by atoms with van der Waals surface area (Å²) in [7, 11) is 3.24. The number of rotatable bonds is 9. The van der Waals surface area contributed by atoms with Crippen molar-refractivity contribution in [2.24, 2.45) is 5.73 Å². The van der Waals surface area contributed by atoms with Gasteiger partial charge in [-0.3, -0.25) is 0 Å². The molecule has 10 heteroatoms. The molecule has 4 rings (SSSR count). The van der Waals surface area contributed by atoms with Gasteiger partial charge in [0.25, 0.3) is 5.19 Å². The van der Waals surface area contributed by atoms with E-state index in [-0.39, 0.29) is 0 Å². The molecule has 8 nitrogen and oxygen atoms in total. The van der Waals surface area contributed by atoms with Gasteiger partial charge in [0.1, 0.15) is 22.6 Å². The van der Waals surface area contributed by atoms with Gasteiger partial charge in [0.2, 0.25) is 0 Å². The van der Waals surface area contributed by atoms with Gasteiger partial charge in [-0.15, -0.1) is 0 Å². The van der Waals surface area contributed by atoms with Gasteiger partial charge in [-0.1, -0.05) is 29.5 Å². The third-order valence-electron chi connectivity index (χ3n) is 4.56. The topological polar surface area (TPSA) is 105 Å². The summed E-state index contributed by atoms with van der Waals surface area (Å²) in [6.07, 6.45) is 2.64. The van der Waals surface area contributed by atoms with Gasteiger partial charge in [-0.25, -0.2) is 4.98 Å². The van der Waals surface area contributed by atoms with Gasteiger partial charge >= 0.3 is 0 Å². The first-order valence-electron chi connectivity index (χ1n) is 9.55. The fourth-order valence-electron chi connectivity index (χ4n) is 2.96. The Morgan fingerprint density at radius 3 is 2.71 bits per heavy atom. The Bertz CT molecular complexity index is 1190. The molecule has 0 aliphatic heterocycles. The number of aromatic nitrogens is 2. The third-order valence-corrected chi connectivity index (χ3v) is 6.30. The number of thiazole rings is 1. The van der Waals surface area contributed by atoms with E-state index in [9.17, 15) is 0 Å². The maximum atomic E-state index is 5.85. The summed E-state index contributed by atoms with van der Waals surface area (Å²) in [5.74, 6) is 2.44. The highest BCUT2D eigenvalue weighted by Crippen LogP contribution is 2.40. The zero-order valence-electron chi connectivity index (χ0n) is 17.3. The van der Waals surface area contributed by atoms with E-state index in [4.69, 9.17) is 24.5 Å². The second-order valence-corrected chi connectivity index (χ2v) is 8.40. The number of nitrogens with zero attached hydrogens (tertiary/aromatic N) is 2. The Morgan fingerprint density at radius 1 is 1.16 bits per heavy atom. The van der Waals surface area contributed by atoms with Crippen molar-refractivity contribution in [2.75, 3.05) is 18.9 Å². The Kier molecular flexibility index (Phi) is 6.50. The summed E-state index contributed by atoms with van der Waals surface area (Å²) in [6, 6.07) is 9.63. The predicted molar refractivity (Wildman–Crippen MR) is 122 cm³/mol. The van der Waals surface area contributed by atoms with Crippen LogP contribution in [0.4, 0.5) is 5.82 Å². The Morgan fingerprint density at radius 2 is 2.00 bits per heavy atom. The molecule has 0 saturated heterocycles. The van der Waals surface area contributed by atoms with Gasteiger partial charge < -0.3 is 29.2 Å². The fraction of sp³-hybridized carbons (Fsp3) is 0.238. The summed E-state index contributed by atoms with van der Waals surface area (Å²) in [4.78, 5) is 6.11. The molecule has 2 aromatic carbocycles. The van der Waals surface area contributed by atoms with E-state index in [0.29, 0.717) is 34.6 Å². The number of nitrogens with one attached hydrogen (secondary N) is 1. The molecule has 3 N–H and O–H groups in total. The van der Waals surface area contributed by atoms with Crippen LogP contribution in [0.25, 0.3) is 11.0 Å². The number of hydrogen-bond donors (Lipinski definition) is 2. The molecule has 0 atom stereocenters. The summed E-state index contributed by atoms with van der Waals surface area (Å²) in [5.41, 5.74) is 7.39. The first-order valence-corrected chi connectivity index (χ1v) is 11.2. The Labute approximate surface area is 187 Å². The second kappa shape index (κ2) is 9.46. The quantitative estimate of drug-likeness (QED) is 0.326. The average Bonchev–Trinajstić information content (AvgIpc) is 3.43. The van der Waals surface area contributed by atoms with Crippen LogP contribution in [0.5, 0.6) is 22.4 Å². The van der Waals surface area contributed by atoms with Crippen molar-refractivity contribution < 1.29 is 18.7 Å². The second-order valence-electron chi connectivity index (χ2n) is 6.47. The van der Waals surface area contributed by atoms with Crippen molar-refractivity contribution >= 4 is 40.1 Å². The van der Waals surface area contributed by atoms with E-state index in [2.05, 4.69) is 33.9 Å². The highest BCUT2D eigenvalue weighted by Gasteiger charge is 2.18. The first-order chi connectivity index (χ1) is 15.1. The molecular formula is C21H22N4O4S2. The molecule has 0 amide bonds. The number of methoxy groups -OCH3 is 2. The molecular weight excluding hydrogens is 436 g/mol. The van der Waals surface area contributed by atoms with E-state index in [1.54, 1.807) is 32.5 Å². The lowest BCUT2D eigenvalue weighted by atomic mass is 10.2. The minimum absolute atomic E-state index is 0.421. The van der Waals surface area contributed by atoms with Crippen LogP contribution in [0, 0.1) is 0 Å². The van der Waals surface area contributed by atoms with Crippen LogP contribution >= 0.6 is 23.3 Å². The first kappa shape index (κ1) is 21.3. The van der Waals surface area contributed by atoms with Crippen LogP contribution in [0.2, 0.25) is 0 Å². The van der Waals surface area contributed by atoms with Gasteiger partial charge in [0.05, 0.1) is 19.1 Å². The molecule has 0 spiro atoms. The van der Waals surface area contributed by atoms with Crippen molar-refractivity contribution in [3.63, 3.8) is 0 Å². The van der Waals surface area contributed by atoms with Gasteiger partial charge in [-0.05, 0) is 36.1 Å². The van der Waals surface area contributed by atoms with Crippen LogP contribution in [0.3, 0.4) is 0 Å². The Hall–Kier alpha value is -2.95. The summed E-state index contributed by atoms with van der Waals surface area (Å²) >= 11 is 2.79. The predicted octanol–water partition coefficient (Wildman–Crippen LogP) is 5.23. The van der Waals surface area contributed by atoms with Crippen molar-refractivity contribution in [3.8, 4) is 22.4 Å². The molecule has 2 heterocycles. The number of aryl methyl sites for hydroxylation is 1. The maximum absolute atomic E-state index is 5.85. The third kappa shape index (κ3) is 4.55. The molecule has 0 saturated carbocycles.